The van der Waals surface area contributed by atoms with Gasteiger partial charge in [-0.15, -0.1) is 5.10 Å². The lowest BCUT2D eigenvalue weighted by Crippen LogP contribution is -2.28. The van der Waals surface area contributed by atoms with Crippen LogP contribution in [0.3, 0.4) is 0 Å². The average molecular weight is 526 g/mol. The summed E-state index contributed by atoms with van der Waals surface area (Å²) in [6, 6.07) is 17.5. The molecule has 0 aliphatic carbocycles. The van der Waals surface area contributed by atoms with Crippen LogP contribution in [0.1, 0.15) is 30.3 Å². The number of ether oxygens (including phenoxy) is 2. The Morgan fingerprint density at radius 2 is 1.69 bits per heavy atom. The van der Waals surface area contributed by atoms with E-state index in [1.54, 1.807) is 31.5 Å². The molecule has 2 aromatic heterocycles. The lowest BCUT2D eigenvalue weighted by atomic mass is 10.1. The number of hydrogen-bond acceptors (Lipinski definition) is 8. The number of aromatic nitrogens is 4. The van der Waals surface area contributed by atoms with Gasteiger partial charge >= 0.3 is 0 Å². The van der Waals surface area contributed by atoms with Crippen molar-refractivity contribution in [2.75, 3.05) is 20.0 Å². The molecule has 0 saturated carbocycles. The summed E-state index contributed by atoms with van der Waals surface area (Å²) >= 11 is 0. The fourth-order valence-corrected chi connectivity index (χ4v) is 3.99. The number of hydrogen-bond donors (Lipinski definition) is 1. The molecule has 0 fully saturated rings. The number of carbonyl (C=O) groups is 1. The van der Waals surface area contributed by atoms with E-state index >= 15 is 0 Å². The summed E-state index contributed by atoms with van der Waals surface area (Å²) in [5.41, 5.74) is 9.93. The maximum Gasteiger partial charge on any atom is 0.240 e. The zero-order valence-corrected chi connectivity index (χ0v) is 22.2. The Morgan fingerprint density at radius 1 is 1.03 bits per heavy atom. The minimum atomic E-state index is -0.0755. The Kier molecular flexibility index (Phi) is 8.67. The van der Waals surface area contributed by atoms with Gasteiger partial charge in [0, 0.05) is 25.2 Å². The van der Waals surface area contributed by atoms with Crippen molar-refractivity contribution in [3.63, 3.8) is 0 Å². The van der Waals surface area contributed by atoms with Gasteiger partial charge in [0.1, 0.15) is 11.6 Å². The Labute approximate surface area is 227 Å². The number of rotatable bonds is 11. The molecule has 0 radical (unpaired) electrons. The second-order valence-corrected chi connectivity index (χ2v) is 8.63. The molecule has 0 spiro atoms. The SMILES string of the molecule is C=C(/N=C\N(Cc1ccc(-c2ccncc2)cc1)C(=O)CC)n1nc(N)nc1Cc1ccc(OC)c(OC)c1. The van der Waals surface area contributed by atoms with E-state index in [9.17, 15) is 4.79 Å². The van der Waals surface area contributed by atoms with E-state index in [4.69, 9.17) is 15.2 Å². The molecule has 39 heavy (non-hydrogen) atoms. The fourth-order valence-electron chi connectivity index (χ4n) is 3.99. The number of methoxy groups -OCH3 is 2. The maximum absolute atomic E-state index is 12.7. The van der Waals surface area contributed by atoms with Crippen molar-refractivity contribution < 1.29 is 14.3 Å². The van der Waals surface area contributed by atoms with Gasteiger partial charge in [-0.2, -0.15) is 9.67 Å². The summed E-state index contributed by atoms with van der Waals surface area (Å²) in [5.74, 6) is 2.07. The van der Waals surface area contributed by atoms with Gasteiger partial charge in [0.25, 0.3) is 0 Å². The number of pyridine rings is 1. The minimum Gasteiger partial charge on any atom is -0.493 e. The van der Waals surface area contributed by atoms with Crippen LogP contribution in [0.2, 0.25) is 0 Å². The molecule has 2 heterocycles. The summed E-state index contributed by atoms with van der Waals surface area (Å²) < 4.78 is 12.2. The number of nitrogens with zero attached hydrogens (tertiary/aromatic N) is 6. The van der Waals surface area contributed by atoms with Crippen molar-refractivity contribution in [3.8, 4) is 22.6 Å². The molecular formula is C29H31N7O3. The van der Waals surface area contributed by atoms with Crippen molar-refractivity contribution in [1.82, 2.24) is 24.6 Å². The summed E-state index contributed by atoms with van der Waals surface area (Å²) in [6.07, 6.45) is 5.73. The average Bonchev–Trinajstić information content (AvgIpc) is 3.34. The molecule has 2 aromatic carbocycles. The second-order valence-electron chi connectivity index (χ2n) is 8.63. The number of benzene rings is 2. The van der Waals surface area contributed by atoms with Gasteiger partial charge in [-0.05, 0) is 46.5 Å². The highest BCUT2D eigenvalue weighted by Crippen LogP contribution is 2.28. The second kappa shape index (κ2) is 12.5. The predicted octanol–water partition coefficient (Wildman–Crippen LogP) is 4.43. The fraction of sp³-hybridized carbons (Fsp3) is 0.207. The number of carbonyl (C=O) groups excluding carboxylic acids is 1. The van der Waals surface area contributed by atoms with Crippen LogP contribution in [0.4, 0.5) is 5.95 Å². The molecule has 0 unspecified atom stereocenters. The predicted molar refractivity (Wildman–Crippen MR) is 151 cm³/mol. The summed E-state index contributed by atoms with van der Waals surface area (Å²) in [6.45, 7) is 6.20. The Bertz CT molecular complexity index is 1460. The van der Waals surface area contributed by atoms with Crippen LogP contribution >= 0.6 is 0 Å². The topological polar surface area (TPSA) is 121 Å². The molecular weight excluding hydrogens is 494 g/mol. The Morgan fingerprint density at radius 3 is 2.36 bits per heavy atom. The lowest BCUT2D eigenvalue weighted by Gasteiger charge is -2.17. The first-order valence-electron chi connectivity index (χ1n) is 12.4. The van der Waals surface area contributed by atoms with Gasteiger partial charge < -0.3 is 15.2 Å². The van der Waals surface area contributed by atoms with E-state index in [-0.39, 0.29) is 17.7 Å². The minimum absolute atomic E-state index is 0.0755. The van der Waals surface area contributed by atoms with Gasteiger partial charge in [0.05, 0.1) is 27.1 Å². The van der Waals surface area contributed by atoms with Crippen LogP contribution in [0.5, 0.6) is 11.5 Å². The molecule has 4 aromatic rings. The molecule has 10 heteroatoms. The first kappa shape index (κ1) is 27.1. The zero-order valence-electron chi connectivity index (χ0n) is 22.2. The maximum atomic E-state index is 12.7. The van der Waals surface area contributed by atoms with Gasteiger partial charge in [-0.3, -0.25) is 14.7 Å². The van der Waals surface area contributed by atoms with Crippen molar-refractivity contribution >= 4 is 24.0 Å². The highest BCUT2D eigenvalue weighted by atomic mass is 16.5. The normalized spacial score (nSPS) is 10.9. The molecule has 10 nitrogen and oxygen atoms in total. The molecule has 0 saturated heterocycles. The van der Waals surface area contributed by atoms with Crippen LogP contribution in [0, 0.1) is 0 Å². The number of nitrogen functional groups attached to an aromatic ring is 1. The molecule has 4 rings (SSSR count). The molecule has 0 bridgehead atoms. The number of anilines is 1. The lowest BCUT2D eigenvalue weighted by molar-refractivity contribution is -0.127. The van der Waals surface area contributed by atoms with E-state index in [1.807, 2.05) is 61.5 Å². The third-order valence-electron chi connectivity index (χ3n) is 6.03. The molecule has 0 aliphatic heterocycles. The summed E-state index contributed by atoms with van der Waals surface area (Å²) in [7, 11) is 3.17. The Balaban J connectivity index is 1.50. The van der Waals surface area contributed by atoms with E-state index in [1.165, 1.54) is 11.0 Å². The van der Waals surface area contributed by atoms with Crippen LogP contribution in [-0.4, -0.2) is 51.1 Å². The van der Waals surface area contributed by atoms with E-state index in [2.05, 4.69) is 26.6 Å². The number of aliphatic imine (C=N–C) groups is 1. The molecule has 2 N–H and O–H groups in total. The van der Waals surface area contributed by atoms with Crippen molar-refractivity contribution in [3.05, 3.63) is 90.5 Å². The van der Waals surface area contributed by atoms with Gasteiger partial charge in [-0.25, -0.2) is 4.99 Å². The first-order valence-corrected chi connectivity index (χ1v) is 12.4. The van der Waals surface area contributed by atoms with Crippen molar-refractivity contribution in [2.45, 2.75) is 26.3 Å². The van der Waals surface area contributed by atoms with E-state index < -0.39 is 0 Å². The number of nitrogens with two attached hydrogens (primary N) is 1. The monoisotopic (exact) mass is 525 g/mol. The van der Waals surface area contributed by atoms with Crippen LogP contribution in [-0.2, 0) is 17.8 Å². The molecule has 1 amide bonds. The van der Waals surface area contributed by atoms with Gasteiger partial charge in [-0.1, -0.05) is 43.8 Å². The first-order chi connectivity index (χ1) is 18.9. The largest absolute Gasteiger partial charge is 0.493 e. The number of amides is 1. The van der Waals surface area contributed by atoms with Gasteiger partial charge in [0.2, 0.25) is 11.9 Å². The van der Waals surface area contributed by atoms with Crippen molar-refractivity contribution in [2.24, 2.45) is 4.99 Å². The quantitative estimate of drug-likeness (QED) is 0.227. The third kappa shape index (κ3) is 6.67. The van der Waals surface area contributed by atoms with Gasteiger partial charge in [0.15, 0.2) is 11.5 Å². The third-order valence-corrected chi connectivity index (χ3v) is 6.03. The van der Waals surface area contributed by atoms with Crippen LogP contribution < -0.4 is 15.2 Å². The van der Waals surface area contributed by atoms with Crippen molar-refractivity contribution in [1.29, 1.82) is 0 Å². The van der Waals surface area contributed by atoms with E-state index in [0.717, 1.165) is 22.3 Å². The zero-order chi connectivity index (χ0) is 27.8. The summed E-state index contributed by atoms with van der Waals surface area (Å²) in [5, 5.41) is 4.25. The van der Waals surface area contributed by atoms with Crippen LogP contribution in [0.25, 0.3) is 16.9 Å². The smallest absolute Gasteiger partial charge is 0.240 e. The molecule has 0 atom stereocenters. The Hall–Kier alpha value is -4.99. The summed E-state index contributed by atoms with van der Waals surface area (Å²) in [4.78, 5) is 27.1. The van der Waals surface area contributed by atoms with Crippen LogP contribution in [0.15, 0.2) is 78.6 Å². The standard InChI is InChI=1S/C29H31N7O3/c1-5-28(37)35(18-21-6-9-23(10-7-21)24-12-14-31-15-13-24)19-32-20(2)36-27(33-29(30)34-36)17-22-8-11-25(38-3)26(16-22)39-4/h6-16,19H,2,5,17-18H2,1,3-4H3,(H2,30,34)/b32-19-. The molecule has 200 valence electrons. The molecule has 0 aliphatic rings. The van der Waals surface area contributed by atoms with E-state index in [0.29, 0.717) is 36.7 Å². The highest BCUT2D eigenvalue weighted by molar-refractivity contribution is 5.88. The highest BCUT2D eigenvalue weighted by Gasteiger charge is 2.15.